The first-order valence-electron chi connectivity index (χ1n) is 3.00. The Morgan fingerprint density at radius 3 is 2.91 bits per heavy atom. The van der Waals surface area contributed by atoms with Crippen LogP contribution in [0.2, 0.25) is 0 Å². The van der Waals surface area contributed by atoms with E-state index >= 15 is 0 Å². The quantitative estimate of drug-likeness (QED) is 0.563. The van der Waals surface area contributed by atoms with Crippen LogP contribution in [0.15, 0.2) is 28.0 Å². The molecule has 0 heterocycles. The third-order valence-corrected chi connectivity index (χ3v) is 1.78. The Morgan fingerprint density at radius 1 is 1.55 bits per heavy atom. The summed E-state index contributed by atoms with van der Waals surface area (Å²) in [6.07, 6.45) is 0. The molecule has 1 aromatic carbocycles. The molecule has 0 aromatic heterocycles. The highest BCUT2D eigenvalue weighted by atomic mass is 79.9. The predicted octanol–water partition coefficient (Wildman–Crippen LogP) is 2.82. The van der Waals surface area contributed by atoms with Crippen LogP contribution in [0.4, 0.5) is 0 Å². The van der Waals surface area contributed by atoms with Gasteiger partial charge < -0.3 is 4.84 Å². The molecule has 1 aromatic rings. The average Bonchev–Trinajstić information content (AvgIpc) is 1.98. The monoisotopic (exact) mass is 215 g/mol. The van der Waals surface area contributed by atoms with Crippen LogP contribution in [0.1, 0.15) is 5.56 Å². The van der Waals surface area contributed by atoms with Crippen molar-refractivity contribution < 1.29 is 4.84 Å². The zero-order chi connectivity index (χ0) is 8.27. The molecule has 4 heteroatoms. The predicted molar refractivity (Wildman–Crippen MR) is 45.3 cm³/mol. The van der Waals surface area contributed by atoms with E-state index in [-0.39, 0.29) is 0 Å². The number of hydrogen-bond donors (Lipinski definition) is 0. The van der Waals surface area contributed by atoms with Gasteiger partial charge in [-0.15, -0.1) is 4.91 Å². The van der Waals surface area contributed by atoms with E-state index in [4.69, 9.17) is 0 Å². The molecule has 0 unspecified atom stereocenters. The minimum atomic E-state index is 0.481. The van der Waals surface area contributed by atoms with Gasteiger partial charge >= 0.3 is 0 Å². The van der Waals surface area contributed by atoms with Crippen LogP contribution in [-0.2, 0) is 0 Å². The van der Waals surface area contributed by atoms with Crippen molar-refractivity contribution >= 4 is 15.9 Å². The van der Waals surface area contributed by atoms with Gasteiger partial charge in [-0.3, -0.25) is 0 Å². The van der Waals surface area contributed by atoms with Gasteiger partial charge in [-0.2, -0.15) is 0 Å². The van der Waals surface area contributed by atoms with E-state index in [0.29, 0.717) is 5.75 Å². The number of halogens is 1. The van der Waals surface area contributed by atoms with E-state index in [9.17, 15) is 4.91 Å². The minimum absolute atomic E-state index is 0.481. The molecule has 0 N–H and O–H groups in total. The van der Waals surface area contributed by atoms with Gasteiger partial charge in [0.05, 0.1) is 0 Å². The Kier molecular flexibility index (Phi) is 2.59. The summed E-state index contributed by atoms with van der Waals surface area (Å²) in [5, 5.41) is 2.34. The van der Waals surface area contributed by atoms with Crippen molar-refractivity contribution in [1.82, 2.24) is 0 Å². The second kappa shape index (κ2) is 3.48. The van der Waals surface area contributed by atoms with Gasteiger partial charge in [-0.1, -0.05) is 22.0 Å². The van der Waals surface area contributed by atoms with E-state index in [1.807, 2.05) is 19.1 Å². The Labute approximate surface area is 72.4 Å². The van der Waals surface area contributed by atoms with Crippen molar-refractivity contribution in [2.45, 2.75) is 6.92 Å². The second-order valence-corrected chi connectivity index (χ2v) is 2.99. The van der Waals surface area contributed by atoms with Crippen molar-refractivity contribution in [2.75, 3.05) is 0 Å². The largest absolute Gasteiger partial charge is 0.324 e. The van der Waals surface area contributed by atoms with Gasteiger partial charge in [0.1, 0.15) is 0 Å². The standard InChI is InChI=1S/C7H6BrNO2/c1-5-2-3-6(8)4-7(5)11-9-10/h2-4H,1H3. The Hall–Kier alpha value is -0.900. The molecule has 11 heavy (non-hydrogen) atoms. The number of aryl methyl sites for hydroxylation is 1. The summed E-state index contributed by atoms with van der Waals surface area (Å²) < 4.78 is 0.863. The summed E-state index contributed by atoms with van der Waals surface area (Å²) in [5.41, 5.74) is 0.882. The number of nitrogens with zero attached hydrogens (tertiary/aromatic N) is 1. The third kappa shape index (κ3) is 2.01. The van der Waals surface area contributed by atoms with Crippen LogP contribution in [-0.4, -0.2) is 0 Å². The normalized spacial score (nSPS) is 9.27. The van der Waals surface area contributed by atoms with Gasteiger partial charge in [0.15, 0.2) is 11.1 Å². The molecule has 3 nitrogen and oxygen atoms in total. The second-order valence-electron chi connectivity index (χ2n) is 2.08. The highest BCUT2D eigenvalue weighted by Crippen LogP contribution is 2.22. The van der Waals surface area contributed by atoms with E-state index in [1.165, 1.54) is 0 Å². The first-order valence-corrected chi connectivity index (χ1v) is 3.79. The van der Waals surface area contributed by atoms with Crippen LogP contribution in [0.3, 0.4) is 0 Å². The molecule has 0 amide bonds. The lowest BCUT2D eigenvalue weighted by molar-refractivity contribution is 0.332. The highest BCUT2D eigenvalue weighted by molar-refractivity contribution is 9.10. The minimum Gasteiger partial charge on any atom is -0.324 e. The number of benzene rings is 1. The molecular weight excluding hydrogens is 210 g/mol. The van der Waals surface area contributed by atoms with Gasteiger partial charge in [0.2, 0.25) is 0 Å². The zero-order valence-electron chi connectivity index (χ0n) is 5.87. The Morgan fingerprint density at radius 2 is 2.27 bits per heavy atom. The molecule has 0 atom stereocenters. The van der Waals surface area contributed by atoms with Crippen LogP contribution < -0.4 is 4.84 Å². The fourth-order valence-corrected chi connectivity index (χ4v) is 1.05. The van der Waals surface area contributed by atoms with Gasteiger partial charge in [0, 0.05) is 4.47 Å². The summed E-state index contributed by atoms with van der Waals surface area (Å²) >= 11 is 3.24. The first kappa shape index (κ1) is 8.20. The summed E-state index contributed by atoms with van der Waals surface area (Å²) in [6, 6.07) is 5.40. The summed E-state index contributed by atoms with van der Waals surface area (Å²) in [5.74, 6) is 0.481. The van der Waals surface area contributed by atoms with E-state index < -0.39 is 0 Å². The van der Waals surface area contributed by atoms with Gasteiger partial charge in [-0.25, -0.2) is 0 Å². The topological polar surface area (TPSA) is 38.7 Å². The molecule has 0 aliphatic rings. The third-order valence-electron chi connectivity index (χ3n) is 1.29. The number of rotatable bonds is 2. The SMILES string of the molecule is Cc1ccc(Br)cc1ON=O. The van der Waals surface area contributed by atoms with Crippen LogP contribution in [0.5, 0.6) is 5.75 Å². The lowest BCUT2D eigenvalue weighted by Crippen LogP contribution is -1.84. The molecular formula is C7H6BrNO2. The highest BCUT2D eigenvalue weighted by Gasteiger charge is 1.99. The van der Waals surface area contributed by atoms with Crippen molar-refractivity contribution in [3.8, 4) is 5.75 Å². The maximum Gasteiger partial charge on any atom is 0.165 e. The maximum absolute atomic E-state index is 9.75. The number of hydrogen-bond acceptors (Lipinski definition) is 3. The van der Waals surface area contributed by atoms with Crippen molar-refractivity contribution in [1.29, 1.82) is 0 Å². The Bertz CT molecular complexity index is 275. The molecule has 1 rings (SSSR count). The summed E-state index contributed by atoms with van der Waals surface area (Å²) in [4.78, 5) is 14.2. The molecule has 0 bridgehead atoms. The van der Waals surface area contributed by atoms with E-state index in [2.05, 4.69) is 26.1 Å². The summed E-state index contributed by atoms with van der Waals surface area (Å²) in [6.45, 7) is 1.84. The lowest BCUT2D eigenvalue weighted by Gasteiger charge is -1.99. The van der Waals surface area contributed by atoms with Crippen molar-refractivity contribution in [3.63, 3.8) is 0 Å². The fourth-order valence-electron chi connectivity index (χ4n) is 0.712. The molecule has 0 saturated heterocycles. The molecule has 58 valence electrons. The fraction of sp³-hybridized carbons (Fsp3) is 0.143. The smallest absolute Gasteiger partial charge is 0.165 e. The molecule has 0 spiro atoms. The van der Waals surface area contributed by atoms with Crippen LogP contribution in [0, 0.1) is 11.8 Å². The van der Waals surface area contributed by atoms with Gasteiger partial charge in [0.25, 0.3) is 0 Å². The molecule has 0 fully saturated rings. The molecule has 0 aliphatic heterocycles. The molecule has 0 radical (unpaired) electrons. The Balaban J connectivity index is 3.01. The molecule has 0 aliphatic carbocycles. The van der Waals surface area contributed by atoms with Crippen LogP contribution in [0.25, 0.3) is 0 Å². The summed E-state index contributed by atoms with van der Waals surface area (Å²) in [7, 11) is 0. The zero-order valence-corrected chi connectivity index (χ0v) is 7.46. The van der Waals surface area contributed by atoms with E-state index in [0.717, 1.165) is 10.0 Å². The lowest BCUT2D eigenvalue weighted by atomic mass is 10.2. The van der Waals surface area contributed by atoms with Crippen molar-refractivity contribution in [3.05, 3.63) is 33.1 Å². The average molecular weight is 216 g/mol. The maximum atomic E-state index is 9.75. The molecule has 0 saturated carbocycles. The van der Waals surface area contributed by atoms with E-state index in [1.54, 1.807) is 6.07 Å². The van der Waals surface area contributed by atoms with Crippen molar-refractivity contribution in [2.24, 2.45) is 5.34 Å². The first-order chi connectivity index (χ1) is 5.24. The van der Waals surface area contributed by atoms with Gasteiger partial charge in [-0.05, 0) is 24.6 Å². The van der Waals surface area contributed by atoms with Crippen LogP contribution >= 0.6 is 15.9 Å².